The molecule has 208 valence electrons. The summed E-state index contributed by atoms with van der Waals surface area (Å²) in [4.78, 5) is 40.6. The van der Waals surface area contributed by atoms with Crippen LogP contribution in [0.3, 0.4) is 0 Å². The predicted molar refractivity (Wildman–Crippen MR) is 143 cm³/mol. The third kappa shape index (κ3) is 5.45. The molecule has 5 rings (SSSR count). The number of hydrogen-bond donors (Lipinski definition) is 4. The van der Waals surface area contributed by atoms with Crippen LogP contribution in [0, 0.1) is 0 Å². The summed E-state index contributed by atoms with van der Waals surface area (Å²) in [6.45, 7) is 1.75. The number of aliphatic hydroxyl groups excluding tert-OH is 1. The highest BCUT2D eigenvalue weighted by atomic mass is 16.5. The van der Waals surface area contributed by atoms with Crippen molar-refractivity contribution in [3.05, 3.63) is 36.2 Å². The van der Waals surface area contributed by atoms with Gasteiger partial charge in [0.1, 0.15) is 23.5 Å². The van der Waals surface area contributed by atoms with Crippen molar-refractivity contribution < 1.29 is 24.5 Å². The molecular weight excluding hydrogens is 504 g/mol. The van der Waals surface area contributed by atoms with Crippen LogP contribution in [0.5, 0.6) is 5.75 Å². The Morgan fingerprint density at radius 1 is 1.26 bits per heavy atom. The number of imidazole rings is 1. The molecule has 2 aromatic heterocycles. The molecule has 0 unspecified atom stereocenters. The number of benzene rings is 1. The monoisotopic (exact) mass is 538 g/mol. The van der Waals surface area contributed by atoms with Gasteiger partial charge in [0.2, 0.25) is 11.9 Å². The highest BCUT2D eigenvalue weighted by molar-refractivity contribution is 5.94. The highest BCUT2D eigenvalue weighted by Crippen LogP contribution is 2.34. The molecule has 0 spiro atoms. The molecule has 2 amide bonds. The number of nitrogens with zero attached hydrogens (tertiary/aromatic N) is 6. The molecule has 1 saturated carbocycles. The van der Waals surface area contributed by atoms with E-state index in [0.29, 0.717) is 48.5 Å². The molecule has 2 aliphatic rings. The summed E-state index contributed by atoms with van der Waals surface area (Å²) < 4.78 is 7.35. The van der Waals surface area contributed by atoms with E-state index < -0.39 is 11.7 Å². The van der Waals surface area contributed by atoms with Gasteiger partial charge >= 0.3 is 0 Å². The number of aliphatic hydroxyl groups is 2. The smallest absolute Gasteiger partial charge is 0.253 e. The van der Waals surface area contributed by atoms with E-state index in [4.69, 9.17) is 16.2 Å². The maximum Gasteiger partial charge on any atom is 0.253 e. The second-order valence-corrected chi connectivity index (χ2v) is 10.3. The van der Waals surface area contributed by atoms with Crippen molar-refractivity contribution in [3.8, 4) is 5.75 Å². The molecule has 3 atom stereocenters. The van der Waals surface area contributed by atoms with E-state index in [1.807, 2.05) is 0 Å². The van der Waals surface area contributed by atoms with E-state index in [1.54, 1.807) is 45.7 Å². The van der Waals surface area contributed by atoms with Crippen LogP contribution in [-0.2, 0) is 11.3 Å². The summed E-state index contributed by atoms with van der Waals surface area (Å²) in [5.74, 6) is 0.742. The lowest BCUT2D eigenvalue weighted by Gasteiger charge is -2.43. The van der Waals surface area contributed by atoms with E-state index in [-0.39, 0.29) is 49.0 Å². The number of amides is 2. The summed E-state index contributed by atoms with van der Waals surface area (Å²) >= 11 is 0. The van der Waals surface area contributed by atoms with Gasteiger partial charge in [0.15, 0.2) is 11.5 Å². The van der Waals surface area contributed by atoms with Gasteiger partial charge in [-0.15, -0.1) is 0 Å². The minimum atomic E-state index is -1.44. The van der Waals surface area contributed by atoms with Crippen molar-refractivity contribution in [3.63, 3.8) is 0 Å². The SMILES string of the molecule is CN(C(=O)c1ccc(OCCN2CCCC2=O)cc1)[C@H]1CC[C@@](O)(Cn2cnc3c(N)nc(N)nc32)[C@H](O)C1. The van der Waals surface area contributed by atoms with Crippen molar-refractivity contribution in [1.82, 2.24) is 29.3 Å². The Hall–Kier alpha value is -3.97. The molecule has 13 nitrogen and oxygen atoms in total. The highest BCUT2D eigenvalue weighted by Gasteiger charge is 2.43. The van der Waals surface area contributed by atoms with E-state index in [0.717, 1.165) is 13.0 Å². The van der Waals surface area contributed by atoms with Crippen LogP contribution < -0.4 is 16.2 Å². The number of nitrogens with two attached hydrogens (primary N) is 2. The Bertz CT molecular complexity index is 1360. The molecule has 1 saturated heterocycles. The van der Waals surface area contributed by atoms with Crippen LogP contribution in [0.15, 0.2) is 30.6 Å². The maximum absolute atomic E-state index is 13.2. The lowest BCUT2D eigenvalue weighted by molar-refractivity contribution is -0.128. The number of nitrogen functional groups attached to an aromatic ring is 2. The van der Waals surface area contributed by atoms with Crippen molar-refractivity contribution in [2.45, 2.75) is 56.4 Å². The van der Waals surface area contributed by atoms with Gasteiger partial charge in [-0.25, -0.2) is 4.98 Å². The molecule has 0 radical (unpaired) electrons. The second kappa shape index (κ2) is 10.7. The molecule has 3 aromatic rings. The normalized spacial score (nSPS) is 23.4. The first-order chi connectivity index (χ1) is 18.6. The zero-order valence-electron chi connectivity index (χ0n) is 21.9. The van der Waals surface area contributed by atoms with Gasteiger partial charge in [-0.1, -0.05) is 0 Å². The van der Waals surface area contributed by atoms with Crippen LogP contribution in [0.2, 0.25) is 0 Å². The first kappa shape index (κ1) is 26.6. The van der Waals surface area contributed by atoms with Gasteiger partial charge in [-0.3, -0.25) is 9.59 Å². The van der Waals surface area contributed by atoms with Gasteiger partial charge in [-0.2, -0.15) is 9.97 Å². The van der Waals surface area contributed by atoms with Crippen molar-refractivity contribution >= 4 is 34.7 Å². The van der Waals surface area contributed by atoms with E-state index in [1.165, 1.54) is 6.33 Å². The standard InChI is InChI=1S/C26H34N8O5/c1-32(24(37)16-4-6-18(7-5-16)39-12-11-33-10-2-3-20(33)36)17-8-9-26(38,19(35)13-17)14-34-15-29-21-22(27)30-25(28)31-23(21)34/h4-7,15,17,19,35,38H,2-3,8-14H2,1H3,(H4,27,28,30,31)/t17-,19+,26+/m0/s1. The summed E-state index contributed by atoms with van der Waals surface area (Å²) in [5.41, 5.74) is 11.4. The number of likely N-dealkylation sites (tertiary alicyclic amines) is 1. The first-order valence-corrected chi connectivity index (χ1v) is 13.1. The van der Waals surface area contributed by atoms with E-state index in [2.05, 4.69) is 15.0 Å². The maximum atomic E-state index is 13.2. The average molecular weight is 539 g/mol. The van der Waals surface area contributed by atoms with Gasteiger partial charge in [0, 0.05) is 31.6 Å². The van der Waals surface area contributed by atoms with Crippen LogP contribution >= 0.6 is 0 Å². The van der Waals surface area contributed by atoms with Gasteiger partial charge < -0.3 is 40.8 Å². The fourth-order valence-corrected chi connectivity index (χ4v) is 5.39. The molecule has 1 aliphatic carbocycles. The number of carbonyl (C=O) groups is 2. The number of hydrogen-bond acceptors (Lipinski definition) is 10. The summed E-state index contributed by atoms with van der Waals surface area (Å²) in [5, 5.41) is 22.3. The van der Waals surface area contributed by atoms with Crippen LogP contribution in [0.25, 0.3) is 11.2 Å². The molecule has 39 heavy (non-hydrogen) atoms. The minimum Gasteiger partial charge on any atom is -0.492 e. The fraction of sp³-hybridized carbons (Fsp3) is 0.500. The molecule has 13 heteroatoms. The third-order valence-electron chi connectivity index (χ3n) is 7.75. The lowest BCUT2D eigenvalue weighted by atomic mass is 9.79. The number of rotatable bonds is 8. The van der Waals surface area contributed by atoms with Crippen molar-refractivity contribution in [2.24, 2.45) is 0 Å². The topological polar surface area (TPSA) is 186 Å². The van der Waals surface area contributed by atoms with Gasteiger partial charge in [0.05, 0.1) is 25.5 Å². The molecule has 3 heterocycles. The number of carbonyl (C=O) groups excluding carboxylic acids is 2. The number of fused-ring (bicyclic) bond motifs is 1. The second-order valence-electron chi connectivity index (χ2n) is 10.3. The van der Waals surface area contributed by atoms with Crippen LogP contribution in [0.4, 0.5) is 11.8 Å². The average Bonchev–Trinajstić information content (AvgIpc) is 3.51. The van der Waals surface area contributed by atoms with Crippen molar-refractivity contribution in [2.75, 3.05) is 38.2 Å². The number of anilines is 2. The third-order valence-corrected chi connectivity index (χ3v) is 7.75. The first-order valence-electron chi connectivity index (χ1n) is 13.1. The number of aromatic nitrogens is 4. The summed E-state index contributed by atoms with van der Waals surface area (Å²) in [7, 11) is 1.70. The van der Waals surface area contributed by atoms with Gasteiger partial charge in [-0.05, 0) is 49.9 Å². The summed E-state index contributed by atoms with van der Waals surface area (Å²) in [6, 6.07) is 6.62. The molecule has 6 N–H and O–H groups in total. The predicted octanol–water partition coefficient (Wildman–Crippen LogP) is 0.409. The Balaban J connectivity index is 1.17. The molecule has 1 aromatic carbocycles. The van der Waals surface area contributed by atoms with E-state index >= 15 is 0 Å². The quantitative estimate of drug-likeness (QED) is 0.313. The van der Waals surface area contributed by atoms with Crippen molar-refractivity contribution in [1.29, 1.82) is 0 Å². The summed E-state index contributed by atoms with van der Waals surface area (Å²) in [6.07, 6.45) is 2.87. The molecular formula is C26H34N8O5. The molecule has 1 aliphatic heterocycles. The Morgan fingerprint density at radius 2 is 2.03 bits per heavy atom. The largest absolute Gasteiger partial charge is 0.492 e. The molecule has 0 bridgehead atoms. The van der Waals surface area contributed by atoms with Crippen LogP contribution in [0.1, 0.15) is 42.5 Å². The Morgan fingerprint density at radius 3 is 2.72 bits per heavy atom. The van der Waals surface area contributed by atoms with Gasteiger partial charge in [0.25, 0.3) is 5.91 Å². The Kier molecular flexibility index (Phi) is 7.28. The zero-order valence-corrected chi connectivity index (χ0v) is 21.9. The number of ether oxygens (including phenoxy) is 1. The van der Waals surface area contributed by atoms with Crippen LogP contribution in [-0.4, -0.2) is 95.8 Å². The lowest BCUT2D eigenvalue weighted by Crippen LogP contribution is -2.54. The fourth-order valence-electron chi connectivity index (χ4n) is 5.39. The zero-order chi connectivity index (χ0) is 27.7. The van der Waals surface area contributed by atoms with E-state index in [9.17, 15) is 19.8 Å². The molecule has 2 fully saturated rings. The Labute approximate surface area is 225 Å². The minimum absolute atomic E-state index is 0.00343.